The normalized spacial score (nSPS) is 12.5. The van der Waals surface area contributed by atoms with E-state index in [2.05, 4.69) is 42.4 Å². The SMILES string of the molecule is C#CC(CC)NC/C=C/c1ccccc1. The summed E-state index contributed by atoms with van der Waals surface area (Å²) in [6.07, 6.45) is 10.5. The third kappa shape index (κ3) is 4.49. The highest BCUT2D eigenvalue weighted by atomic mass is 14.9. The first-order valence-corrected chi connectivity index (χ1v) is 5.28. The van der Waals surface area contributed by atoms with Crippen LogP contribution in [-0.2, 0) is 0 Å². The van der Waals surface area contributed by atoms with Gasteiger partial charge in [0, 0.05) is 6.54 Å². The Balaban J connectivity index is 2.32. The molecular formula is C14H17N. The lowest BCUT2D eigenvalue weighted by molar-refractivity contribution is 0.634. The maximum atomic E-state index is 5.34. The van der Waals surface area contributed by atoms with Gasteiger partial charge in [0.25, 0.3) is 0 Å². The molecule has 0 bridgehead atoms. The van der Waals surface area contributed by atoms with E-state index in [1.165, 1.54) is 5.56 Å². The third-order valence-electron chi connectivity index (χ3n) is 2.20. The first kappa shape index (κ1) is 11.6. The molecule has 0 fully saturated rings. The molecule has 15 heavy (non-hydrogen) atoms. The molecule has 1 rings (SSSR count). The van der Waals surface area contributed by atoms with Crippen LogP contribution >= 0.6 is 0 Å². The predicted octanol–water partition coefficient (Wildman–Crippen LogP) is 2.70. The molecule has 0 radical (unpaired) electrons. The van der Waals surface area contributed by atoms with Crippen molar-refractivity contribution in [2.24, 2.45) is 0 Å². The lowest BCUT2D eigenvalue weighted by Crippen LogP contribution is -2.26. The Kier molecular flexibility index (Phi) is 5.29. The highest BCUT2D eigenvalue weighted by Crippen LogP contribution is 2.00. The molecule has 1 aromatic rings. The second-order valence-corrected chi connectivity index (χ2v) is 3.35. The Labute approximate surface area is 92.2 Å². The lowest BCUT2D eigenvalue weighted by Gasteiger charge is -2.07. The van der Waals surface area contributed by atoms with Gasteiger partial charge in [0.15, 0.2) is 0 Å². The summed E-state index contributed by atoms with van der Waals surface area (Å²) in [6, 6.07) is 10.4. The van der Waals surface area contributed by atoms with Gasteiger partial charge in [-0.15, -0.1) is 6.42 Å². The first-order chi connectivity index (χ1) is 7.36. The minimum absolute atomic E-state index is 0.186. The molecule has 0 aliphatic rings. The van der Waals surface area contributed by atoms with E-state index in [0.717, 1.165) is 13.0 Å². The number of hydrogen-bond acceptors (Lipinski definition) is 1. The van der Waals surface area contributed by atoms with Gasteiger partial charge in [-0.05, 0) is 12.0 Å². The van der Waals surface area contributed by atoms with E-state index >= 15 is 0 Å². The summed E-state index contributed by atoms with van der Waals surface area (Å²) in [7, 11) is 0. The van der Waals surface area contributed by atoms with Crippen molar-refractivity contribution in [3.63, 3.8) is 0 Å². The fourth-order valence-electron chi connectivity index (χ4n) is 1.29. The molecule has 0 saturated carbocycles. The fourth-order valence-corrected chi connectivity index (χ4v) is 1.29. The van der Waals surface area contributed by atoms with Crippen molar-refractivity contribution < 1.29 is 0 Å². The van der Waals surface area contributed by atoms with Crippen LogP contribution in [0, 0.1) is 12.3 Å². The van der Waals surface area contributed by atoms with E-state index in [4.69, 9.17) is 6.42 Å². The topological polar surface area (TPSA) is 12.0 Å². The number of rotatable bonds is 5. The summed E-state index contributed by atoms with van der Waals surface area (Å²) in [5, 5.41) is 3.27. The van der Waals surface area contributed by atoms with Gasteiger partial charge in [-0.1, -0.05) is 55.3 Å². The van der Waals surface area contributed by atoms with Crippen molar-refractivity contribution >= 4 is 6.08 Å². The van der Waals surface area contributed by atoms with Crippen molar-refractivity contribution in [1.29, 1.82) is 0 Å². The predicted molar refractivity (Wildman–Crippen MR) is 66.4 cm³/mol. The van der Waals surface area contributed by atoms with Crippen LogP contribution in [0.2, 0.25) is 0 Å². The lowest BCUT2D eigenvalue weighted by atomic mass is 10.2. The van der Waals surface area contributed by atoms with E-state index in [9.17, 15) is 0 Å². The van der Waals surface area contributed by atoms with Gasteiger partial charge in [0.1, 0.15) is 0 Å². The zero-order chi connectivity index (χ0) is 10.9. The van der Waals surface area contributed by atoms with Crippen LogP contribution < -0.4 is 5.32 Å². The van der Waals surface area contributed by atoms with Crippen molar-refractivity contribution in [1.82, 2.24) is 5.32 Å². The molecule has 1 aromatic carbocycles. The van der Waals surface area contributed by atoms with Crippen LogP contribution in [-0.4, -0.2) is 12.6 Å². The summed E-state index contributed by atoms with van der Waals surface area (Å²) in [5.74, 6) is 2.71. The van der Waals surface area contributed by atoms with Gasteiger partial charge < -0.3 is 5.32 Å². The Morgan fingerprint density at radius 2 is 2.13 bits per heavy atom. The van der Waals surface area contributed by atoms with Gasteiger partial charge in [-0.25, -0.2) is 0 Å². The van der Waals surface area contributed by atoms with Crippen molar-refractivity contribution in [2.45, 2.75) is 19.4 Å². The minimum Gasteiger partial charge on any atom is -0.300 e. The average molecular weight is 199 g/mol. The summed E-state index contributed by atoms with van der Waals surface area (Å²) < 4.78 is 0. The average Bonchev–Trinajstić information content (AvgIpc) is 2.31. The molecule has 0 aliphatic heterocycles. The maximum absolute atomic E-state index is 5.34. The van der Waals surface area contributed by atoms with E-state index in [-0.39, 0.29) is 6.04 Å². The minimum atomic E-state index is 0.186. The Morgan fingerprint density at radius 1 is 1.40 bits per heavy atom. The first-order valence-electron chi connectivity index (χ1n) is 5.28. The quantitative estimate of drug-likeness (QED) is 0.719. The molecule has 0 spiro atoms. The zero-order valence-electron chi connectivity index (χ0n) is 9.11. The van der Waals surface area contributed by atoms with Crippen molar-refractivity contribution in [2.75, 3.05) is 6.54 Å². The Hall–Kier alpha value is -1.52. The van der Waals surface area contributed by atoms with Crippen LogP contribution in [0.1, 0.15) is 18.9 Å². The van der Waals surface area contributed by atoms with Gasteiger partial charge in [0.05, 0.1) is 6.04 Å². The molecule has 0 aliphatic carbocycles. The summed E-state index contributed by atoms with van der Waals surface area (Å²) in [6.45, 7) is 2.90. The number of nitrogens with one attached hydrogen (secondary N) is 1. The molecule has 1 nitrogen and oxygen atoms in total. The summed E-state index contributed by atoms with van der Waals surface area (Å²) in [5.41, 5.74) is 1.22. The standard InChI is InChI=1S/C14H17N/c1-3-14(4-2)15-12-8-11-13-9-6-5-7-10-13/h1,5-11,14-15H,4,12H2,2H3/b11-8+. The highest BCUT2D eigenvalue weighted by Gasteiger charge is 1.96. The molecule has 0 saturated heterocycles. The van der Waals surface area contributed by atoms with E-state index < -0.39 is 0 Å². The fraction of sp³-hybridized carbons (Fsp3) is 0.286. The second kappa shape index (κ2) is 6.86. The number of terminal acetylenes is 1. The van der Waals surface area contributed by atoms with E-state index in [0.29, 0.717) is 0 Å². The van der Waals surface area contributed by atoms with Crippen LogP contribution in [0.3, 0.4) is 0 Å². The smallest absolute Gasteiger partial charge is 0.0686 e. The highest BCUT2D eigenvalue weighted by molar-refractivity contribution is 5.48. The van der Waals surface area contributed by atoms with E-state index in [1.54, 1.807) is 0 Å². The molecule has 1 N–H and O–H groups in total. The van der Waals surface area contributed by atoms with Crippen LogP contribution in [0.25, 0.3) is 6.08 Å². The van der Waals surface area contributed by atoms with Crippen molar-refractivity contribution in [3.05, 3.63) is 42.0 Å². The van der Waals surface area contributed by atoms with Gasteiger partial charge in [0.2, 0.25) is 0 Å². The van der Waals surface area contributed by atoms with E-state index in [1.807, 2.05) is 18.2 Å². The summed E-state index contributed by atoms with van der Waals surface area (Å²) >= 11 is 0. The van der Waals surface area contributed by atoms with Crippen molar-refractivity contribution in [3.8, 4) is 12.3 Å². The number of hydrogen-bond donors (Lipinski definition) is 1. The number of benzene rings is 1. The van der Waals surface area contributed by atoms with Gasteiger partial charge >= 0.3 is 0 Å². The van der Waals surface area contributed by atoms with Gasteiger partial charge in [-0.2, -0.15) is 0 Å². The molecule has 0 aromatic heterocycles. The van der Waals surface area contributed by atoms with Crippen LogP contribution in [0.15, 0.2) is 36.4 Å². The Morgan fingerprint density at radius 3 is 2.73 bits per heavy atom. The molecular weight excluding hydrogens is 182 g/mol. The van der Waals surface area contributed by atoms with Crippen LogP contribution in [0.4, 0.5) is 0 Å². The molecule has 0 heterocycles. The molecule has 0 amide bonds. The maximum Gasteiger partial charge on any atom is 0.0686 e. The monoisotopic (exact) mass is 199 g/mol. The summed E-state index contributed by atoms with van der Waals surface area (Å²) in [4.78, 5) is 0. The zero-order valence-corrected chi connectivity index (χ0v) is 9.11. The third-order valence-corrected chi connectivity index (χ3v) is 2.20. The molecule has 1 atom stereocenters. The Bertz CT molecular complexity index is 332. The second-order valence-electron chi connectivity index (χ2n) is 3.35. The van der Waals surface area contributed by atoms with Gasteiger partial charge in [-0.3, -0.25) is 0 Å². The largest absolute Gasteiger partial charge is 0.300 e. The van der Waals surface area contributed by atoms with Crippen LogP contribution in [0.5, 0.6) is 0 Å². The molecule has 1 heteroatoms. The molecule has 78 valence electrons. The molecule has 1 unspecified atom stereocenters.